The standard InChI is InChI=1S/C22H22BrCl2N5O2/c23-13-4-5-16(15(24)9-13)28-19-14(10-29-8-7-27-20(29)18(19)25)21(31)30-11-22(32,12-30)17-3-1-2-6-26-17/h4-5,7-10,17,26,28,32H,1-3,6,11-12H2/t17-/m0/s1. The highest BCUT2D eigenvalue weighted by Crippen LogP contribution is 2.38. The first kappa shape index (κ1) is 22.0. The highest BCUT2D eigenvalue weighted by molar-refractivity contribution is 9.10. The molecule has 2 fully saturated rings. The van der Waals surface area contributed by atoms with Crippen LogP contribution in [0.4, 0.5) is 11.4 Å². The van der Waals surface area contributed by atoms with Gasteiger partial charge in [-0.1, -0.05) is 45.6 Å². The molecule has 7 nitrogen and oxygen atoms in total. The van der Waals surface area contributed by atoms with Gasteiger partial charge in [-0.3, -0.25) is 4.79 Å². The summed E-state index contributed by atoms with van der Waals surface area (Å²) >= 11 is 16.5. The highest BCUT2D eigenvalue weighted by Gasteiger charge is 2.49. The number of piperidine rings is 1. The zero-order valence-electron chi connectivity index (χ0n) is 17.1. The number of anilines is 2. The number of carbonyl (C=O) groups is 1. The second kappa shape index (κ2) is 8.50. The van der Waals surface area contributed by atoms with Crippen molar-refractivity contribution < 1.29 is 9.90 Å². The monoisotopic (exact) mass is 537 g/mol. The van der Waals surface area contributed by atoms with E-state index in [1.54, 1.807) is 34.0 Å². The van der Waals surface area contributed by atoms with E-state index in [4.69, 9.17) is 23.2 Å². The Morgan fingerprint density at radius 2 is 2.12 bits per heavy atom. The van der Waals surface area contributed by atoms with E-state index in [0.29, 0.717) is 32.6 Å². The lowest BCUT2D eigenvalue weighted by Crippen LogP contribution is -2.72. The maximum absolute atomic E-state index is 13.5. The number of carbonyl (C=O) groups excluding carboxylic acids is 1. The summed E-state index contributed by atoms with van der Waals surface area (Å²) in [5.74, 6) is -0.210. The minimum absolute atomic E-state index is 0.0131. The molecule has 0 aliphatic carbocycles. The van der Waals surface area contributed by atoms with Crippen molar-refractivity contribution in [2.45, 2.75) is 30.9 Å². The van der Waals surface area contributed by atoms with Crippen molar-refractivity contribution in [3.8, 4) is 0 Å². The van der Waals surface area contributed by atoms with Gasteiger partial charge < -0.3 is 25.0 Å². The van der Waals surface area contributed by atoms with Crippen molar-refractivity contribution in [2.75, 3.05) is 25.0 Å². The molecule has 5 rings (SSSR count). The molecule has 3 aromatic rings. The van der Waals surface area contributed by atoms with Crippen molar-refractivity contribution in [1.29, 1.82) is 0 Å². The Hall–Kier alpha value is -1.84. The largest absolute Gasteiger partial charge is 0.385 e. The normalized spacial score (nSPS) is 20.2. The Labute approximate surface area is 203 Å². The highest BCUT2D eigenvalue weighted by atomic mass is 79.9. The molecule has 32 heavy (non-hydrogen) atoms. The van der Waals surface area contributed by atoms with E-state index < -0.39 is 5.60 Å². The number of benzene rings is 1. The van der Waals surface area contributed by atoms with Gasteiger partial charge in [0.05, 0.1) is 35.1 Å². The lowest BCUT2D eigenvalue weighted by molar-refractivity contribution is -0.108. The van der Waals surface area contributed by atoms with Gasteiger partial charge in [0.25, 0.3) is 5.91 Å². The molecule has 1 atom stereocenters. The van der Waals surface area contributed by atoms with Gasteiger partial charge in [-0.05, 0) is 37.6 Å². The zero-order valence-corrected chi connectivity index (χ0v) is 20.2. The Morgan fingerprint density at radius 3 is 2.84 bits per heavy atom. The Morgan fingerprint density at radius 1 is 1.31 bits per heavy atom. The van der Waals surface area contributed by atoms with Crippen LogP contribution in [0.1, 0.15) is 29.6 Å². The van der Waals surface area contributed by atoms with Gasteiger partial charge in [0.15, 0.2) is 5.65 Å². The minimum Gasteiger partial charge on any atom is -0.385 e. The first-order valence-corrected chi connectivity index (χ1v) is 12.0. The molecule has 2 saturated heterocycles. The number of amides is 1. The molecule has 2 aliphatic rings. The van der Waals surface area contributed by atoms with E-state index in [2.05, 4.69) is 31.5 Å². The summed E-state index contributed by atoms with van der Waals surface area (Å²) < 4.78 is 2.56. The third-order valence-electron chi connectivity index (χ3n) is 6.22. The topological polar surface area (TPSA) is 81.9 Å². The van der Waals surface area contributed by atoms with Crippen molar-refractivity contribution in [3.05, 3.63) is 56.9 Å². The molecule has 0 spiro atoms. The summed E-state index contributed by atoms with van der Waals surface area (Å²) in [4.78, 5) is 19.4. The number of aromatic nitrogens is 2. The lowest BCUT2D eigenvalue weighted by Gasteiger charge is -2.51. The maximum Gasteiger partial charge on any atom is 0.257 e. The third-order valence-corrected chi connectivity index (χ3v) is 7.38. The second-order valence-electron chi connectivity index (χ2n) is 8.41. The second-order valence-corrected chi connectivity index (χ2v) is 10.1. The molecule has 2 aromatic heterocycles. The lowest BCUT2D eigenvalue weighted by atomic mass is 9.81. The molecule has 3 N–H and O–H groups in total. The van der Waals surface area contributed by atoms with Gasteiger partial charge in [-0.2, -0.15) is 0 Å². The molecule has 0 bridgehead atoms. The molecular formula is C22H22BrCl2N5O2. The minimum atomic E-state index is -0.901. The van der Waals surface area contributed by atoms with E-state index in [-0.39, 0.29) is 25.0 Å². The van der Waals surface area contributed by atoms with Crippen LogP contribution in [0.25, 0.3) is 5.65 Å². The number of hydrogen-bond donors (Lipinski definition) is 3. The average Bonchev–Trinajstić information content (AvgIpc) is 3.24. The Bertz CT molecular complexity index is 1190. The molecule has 168 valence electrons. The number of β-amino-alcohol motifs (C(OH)–C–C–N with tert-alkyl or cyclic N) is 1. The molecule has 1 aromatic carbocycles. The van der Waals surface area contributed by atoms with Crippen molar-refractivity contribution in [3.63, 3.8) is 0 Å². The summed E-state index contributed by atoms with van der Waals surface area (Å²) in [5, 5.41) is 18.5. The van der Waals surface area contributed by atoms with E-state index in [9.17, 15) is 9.90 Å². The smallest absolute Gasteiger partial charge is 0.257 e. The number of nitrogens with zero attached hydrogens (tertiary/aromatic N) is 3. The van der Waals surface area contributed by atoms with Crippen LogP contribution in [0.15, 0.2) is 41.3 Å². The molecule has 0 saturated carbocycles. The average molecular weight is 539 g/mol. The quantitative estimate of drug-likeness (QED) is 0.456. The van der Waals surface area contributed by atoms with E-state index in [1.165, 1.54) is 0 Å². The van der Waals surface area contributed by atoms with Crippen LogP contribution in [0, 0.1) is 0 Å². The number of pyridine rings is 1. The maximum atomic E-state index is 13.5. The molecule has 1 amide bonds. The van der Waals surface area contributed by atoms with Crippen LogP contribution >= 0.6 is 39.1 Å². The number of halogens is 3. The van der Waals surface area contributed by atoms with Crippen LogP contribution in [0.2, 0.25) is 10.0 Å². The fourth-order valence-electron chi connectivity index (χ4n) is 4.49. The zero-order chi connectivity index (χ0) is 22.5. The number of likely N-dealkylation sites (tertiary alicyclic amines) is 1. The van der Waals surface area contributed by atoms with Crippen LogP contribution in [0.5, 0.6) is 0 Å². The predicted octanol–water partition coefficient (Wildman–Crippen LogP) is 4.48. The number of hydrogen-bond acceptors (Lipinski definition) is 5. The van der Waals surface area contributed by atoms with Crippen molar-refractivity contribution >= 4 is 62.1 Å². The van der Waals surface area contributed by atoms with Crippen LogP contribution in [-0.2, 0) is 0 Å². The third kappa shape index (κ3) is 3.88. The molecule has 2 aliphatic heterocycles. The SMILES string of the molecule is O=C(c1cn2ccnc2c(Cl)c1Nc1ccc(Br)cc1Cl)N1CC(O)([C@@H]2CCCCN2)C1. The first-order valence-electron chi connectivity index (χ1n) is 10.5. The molecule has 10 heteroatoms. The van der Waals surface area contributed by atoms with Crippen LogP contribution in [-0.4, -0.2) is 56.6 Å². The molecule has 0 unspecified atom stereocenters. The predicted molar refractivity (Wildman–Crippen MR) is 129 cm³/mol. The van der Waals surface area contributed by atoms with Gasteiger partial charge in [-0.25, -0.2) is 4.98 Å². The Balaban J connectivity index is 1.46. The number of fused-ring (bicyclic) bond motifs is 1. The van der Waals surface area contributed by atoms with E-state index >= 15 is 0 Å². The van der Waals surface area contributed by atoms with E-state index in [1.807, 2.05) is 12.1 Å². The summed E-state index contributed by atoms with van der Waals surface area (Å²) in [7, 11) is 0. The van der Waals surface area contributed by atoms with Crippen molar-refractivity contribution in [1.82, 2.24) is 19.6 Å². The fourth-order valence-corrected chi connectivity index (χ4v) is 5.51. The van der Waals surface area contributed by atoms with Crippen LogP contribution < -0.4 is 10.6 Å². The van der Waals surface area contributed by atoms with Gasteiger partial charge in [0, 0.05) is 29.1 Å². The fraction of sp³-hybridized carbons (Fsp3) is 0.364. The molecule has 0 radical (unpaired) electrons. The molecule has 4 heterocycles. The Kier molecular flexibility index (Phi) is 5.84. The summed E-state index contributed by atoms with van der Waals surface area (Å²) in [6, 6.07) is 5.44. The number of nitrogens with one attached hydrogen (secondary N) is 2. The number of rotatable bonds is 4. The summed E-state index contributed by atoms with van der Waals surface area (Å²) in [6.45, 7) is 1.46. The first-order chi connectivity index (χ1) is 15.4. The summed E-state index contributed by atoms with van der Waals surface area (Å²) in [6.07, 6.45) is 8.20. The van der Waals surface area contributed by atoms with E-state index in [0.717, 1.165) is 30.3 Å². The molecular weight excluding hydrogens is 517 g/mol. The summed E-state index contributed by atoms with van der Waals surface area (Å²) in [5.41, 5.74) is 1.07. The van der Waals surface area contributed by atoms with Crippen molar-refractivity contribution in [2.24, 2.45) is 0 Å². The number of aliphatic hydroxyl groups is 1. The number of imidazole rings is 1. The van der Waals surface area contributed by atoms with Gasteiger partial charge in [0.2, 0.25) is 0 Å². The van der Waals surface area contributed by atoms with Crippen LogP contribution in [0.3, 0.4) is 0 Å². The van der Waals surface area contributed by atoms with Gasteiger partial charge in [-0.15, -0.1) is 0 Å². The van der Waals surface area contributed by atoms with Gasteiger partial charge in [0.1, 0.15) is 10.6 Å². The van der Waals surface area contributed by atoms with Gasteiger partial charge >= 0.3 is 0 Å².